The lowest BCUT2D eigenvalue weighted by molar-refractivity contribution is -0.154. The summed E-state index contributed by atoms with van der Waals surface area (Å²) in [5.74, 6) is -2.95. The van der Waals surface area contributed by atoms with Gasteiger partial charge in [-0.2, -0.15) is 0 Å². The maximum atomic E-state index is 13.7. The van der Waals surface area contributed by atoms with Gasteiger partial charge < -0.3 is 46.9 Å². The standard InChI is InChI=1S/C41H52N6O9/c1-24(2)35(47-40(54)55-23-32-29-13-8-6-11-27(29)28-12-7-9-14-30(28)32)38(52)46-33(15-10-19-44-39(42)53)37(51)45-26-17-16-25(22-48)31(21-26)36(50)43-20-18-34(49)56-41(3,4)5/h6-9,11-14,16-17,21,24,32-33,35,48H,10,15,18-20,22-23H2,1-5H3,(H,43,50)(H,45,51)(H,46,52)(H,47,54)(H3,42,44,53)/t33-,35-/m0/s1. The van der Waals surface area contributed by atoms with Crippen molar-refractivity contribution >= 4 is 41.5 Å². The molecule has 300 valence electrons. The molecule has 2 atom stereocenters. The first-order chi connectivity index (χ1) is 26.6. The Balaban J connectivity index is 1.42. The molecule has 0 fully saturated rings. The van der Waals surface area contributed by atoms with E-state index in [0.717, 1.165) is 22.3 Å². The number of ether oxygens (including phenoxy) is 2. The summed E-state index contributed by atoms with van der Waals surface area (Å²) in [4.78, 5) is 76.9. The number of aliphatic hydroxyl groups is 1. The first-order valence-corrected chi connectivity index (χ1v) is 18.6. The van der Waals surface area contributed by atoms with Gasteiger partial charge in [-0.25, -0.2) is 9.59 Å². The first kappa shape index (κ1) is 42.8. The van der Waals surface area contributed by atoms with E-state index in [2.05, 4.69) is 26.6 Å². The van der Waals surface area contributed by atoms with E-state index in [1.165, 1.54) is 18.2 Å². The number of nitrogens with two attached hydrogens (primary N) is 1. The van der Waals surface area contributed by atoms with Crippen molar-refractivity contribution in [3.63, 3.8) is 0 Å². The minimum absolute atomic E-state index is 0.0241. The monoisotopic (exact) mass is 772 g/mol. The zero-order valence-corrected chi connectivity index (χ0v) is 32.4. The zero-order valence-electron chi connectivity index (χ0n) is 32.4. The van der Waals surface area contributed by atoms with Gasteiger partial charge >= 0.3 is 18.1 Å². The molecule has 56 heavy (non-hydrogen) atoms. The third-order valence-electron chi connectivity index (χ3n) is 9.00. The molecule has 0 saturated carbocycles. The second-order valence-corrected chi connectivity index (χ2v) is 14.8. The molecule has 1 aliphatic rings. The number of carbonyl (C=O) groups is 6. The number of nitrogens with one attached hydrogen (secondary N) is 5. The maximum Gasteiger partial charge on any atom is 0.407 e. The van der Waals surface area contributed by atoms with Crippen LogP contribution in [0.1, 0.15) is 86.8 Å². The number of primary amides is 1. The van der Waals surface area contributed by atoms with Crippen molar-refractivity contribution in [3.05, 3.63) is 89.0 Å². The van der Waals surface area contributed by atoms with E-state index in [0.29, 0.717) is 0 Å². The third-order valence-corrected chi connectivity index (χ3v) is 9.00. The summed E-state index contributed by atoms with van der Waals surface area (Å²) in [5.41, 5.74) is 9.27. The van der Waals surface area contributed by atoms with Gasteiger partial charge in [-0.3, -0.25) is 19.2 Å². The van der Waals surface area contributed by atoms with Crippen molar-refractivity contribution in [1.29, 1.82) is 0 Å². The highest BCUT2D eigenvalue weighted by molar-refractivity contribution is 6.01. The second-order valence-electron chi connectivity index (χ2n) is 14.8. The van der Waals surface area contributed by atoms with Gasteiger partial charge in [-0.15, -0.1) is 0 Å². The summed E-state index contributed by atoms with van der Waals surface area (Å²) in [6.45, 7) is 8.35. The molecular formula is C41H52N6O9. The van der Waals surface area contributed by atoms with E-state index >= 15 is 0 Å². The van der Waals surface area contributed by atoms with Crippen molar-refractivity contribution in [2.45, 2.75) is 84.1 Å². The number of fused-ring (bicyclic) bond motifs is 3. The first-order valence-electron chi connectivity index (χ1n) is 18.6. The van der Waals surface area contributed by atoms with E-state index < -0.39 is 66.0 Å². The Kier molecular flexibility index (Phi) is 15.0. The Labute approximate surface area is 326 Å². The van der Waals surface area contributed by atoms with Crippen LogP contribution in [-0.2, 0) is 30.5 Å². The molecule has 0 unspecified atom stereocenters. The molecule has 15 heteroatoms. The van der Waals surface area contributed by atoms with E-state index in [1.807, 2.05) is 48.5 Å². The highest BCUT2D eigenvalue weighted by atomic mass is 16.6. The average molecular weight is 773 g/mol. The SMILES string of the molecule is CC(C)[C@H](NC(=O)OCC1c2ccccc2-c2ccccc21)C(=O)N[C@@H](CCCNC(N)=O)C(=O)Nc1ccc(CO)c(C(=O)NCCC(=O)OC(C)(C)C)c1. The van der Waals surface area contributed by atoms with Gasteiger partial charge in [0.2, 0.25) is 11.8 Å². The molecule has 0 spiro atoms. The predicted molar refractivity (Wildman–Crippen MR) is 209 cm³/mol. The van der Waals surface area contributed by atoms with Crippen LogP contribution in [0.3, 0.4) is 0 Å². The Bertz CT molecular complexity index is 1860. The van der Waals surface area contributed by atoms with Gasteiger partial charge in [0, 0.05) is 30.3 Å². The molecule has 0 aliphatic heterocycles. The molecule has 15 nitrogen and oxygen atoms in total. The number of amides is 6. The lowest BCUT2D eigenvalue weighted by Crippen LogP contribution is -2.54. The van der Waals surface area contributed by atoms with Crippen molar-refractivity contribution in [2.75, 3.05) is 25.0 Å². The maximum absolute atomic E-state index is 13.7. The van der Waals surface area contributed by atoms with Gasteiger partial charge in [0.15, 0.2) is 0 Å². The number of hydrogen-bond donors (Lipinski definition) is 7. The average Bonchev–Trinajstić information content (AvgIpc) is 3.46. The molecule has 3 aromatic carbocycles. The molecule has 3 aromatic rings. The van der Waals surface area contributed by atoms with Crippen LogP contribution >= 0.6 is 0 Å². The van der Waals surface area contributed by atoms with Gasteiger partial charge in [0.1, 0.15) is 24.3 Å². The summed E-state index contributed by atoms with van der Waals surface area (Å²) in [6.07, 6.45) is -0.552. The fourth-order valence-electron chi connectivity index (χ4n) is 6.35. The van der Waals surface area contributed by atoms with E-state index in [1.54, 1.807) is 34.6 Å². The molecule has 0 bridgehead atoms. The van der Waals surface area contributed by atoms with Crippen molar-refractivity contribution in [2.24, 2.45) is 11.7 Å². The molecule has 6 amide bonds. The summed E-state index contributed by atoms with van der Waals surface area (Å²) in [6, 6.07) is 17.2. The van der Waals surface area contributed by atoms with E-state index in [-0.39, 0.29) is 61.7 Å². The molecular weight excluding hydrogens is 720 g/mol. The van der Waals surface area contributed by atoms with Crippen molar-refractivity contribution < 1.29 is 43.3 Å². The molecule has 0 heterocycles. The smallest absolute Gasteiger partial charge is 0.407 e. The van der Waals surface area contributed by atoms with Crippen molar-refractivity contribution in [1.82, 2.24) is 21.3 Å². The Hall–Kier alpha value is -5.96. The zero-order chi connectivity index (χ0) is 41.0. The molecule has 1 aliphatic carbocycles. The Morgan fingerprint density at radius 1 is 0.839 bits per heavy atom. The van der Waals surface area contributed by atoms with Gasteiger partial charge in [0.05, 0.1) is 13.0 Å². The number of carbonyl (C=O) groups excluding carboxylic acids is 6. The Morgan fingerprint density at radius 3 is 2.07 bits per heavy atom. The van der Waals surface area contributed by atoms with Crippen LogP contribution in [-0.4, -0.2) is 78.3 Å². The highest BCUT2D eigenvalue weighted by Gasteiger charge is 2.32. The number of urea groups is 1. The lowest BCUT2D eigenvalue weighted by atomic mass is 9.98. The predicted octanol–water partition coefficient (Wildman–Crippen LogP) is 4.08. The number of hydrogen-bond acceptors (Lipinski definition) is 9. The summed E-state index contributed by atoms with van der Waals surface area (Å²) >= 11 is 0. The van der Waals surface area contributed by atoms with Crippen molar-refractivity contribution in [3.8, 4) is 11.1 Å². The van der Waals surface area contributed by atoms with Gasteiger partial charge in [-0.05, 0) is 79.5 Å². The fraction of sp³-hybridized carbons (Fsp3) is 0.415. The summed E-state index contributed by atoms with van der Waals surface area (Å²) < 4.78 is 10.9. The minimum Gasteiger partial charge on any atom is -0.460 e. The molecule has 4 rings (SSSR count). The molecule has 0 saturated heterocycles. The van der Waals surface area contributed by atoms with Crippen LogP contribution in [0.15, 0.2) is 66.7 Å². The topological polar surface area (TPSA) is 227 Å². The van der Waals surface area contributed by atoms with Gasteiger partial charge in [0.25, 0.3) is 5.91 Å². The fourth-order valence-corrected chi connectivity index (χ4v) is 6.35. The lowest BCUT2D eigenvalue weighted by Gasteiger charge is -2.25. The minimum atomic E-state index is -1.15. The number of anilines is 1. The molecule has 8 N–H and O–H groups in total. The summed E-state index contributed by atoms with van der Waals surface area (Å²) in [5, 5.41) is 23.0. The van der Waals surface area contributed by atoms with Crippen LogP contribution < -0.4 is 32.3 Å². The van der Waals surface area contributed by atoms with Crippen LogP contribution in [0.4, 0.5) is 15.3 Å². The molecule has 0 aromatic heterocycles. The van der Waals surface area contributed by atoms with E-state index in [9.17, 15) is 33.9 Å². The number of rotatable bonds is 17. The highest BCUT2D eigenvalue weighted by Crippen LogP contribution is 2.44. The van der Waals surface area contributed by atoms with E-state index in [4.69, 9.17) is 15.2 Å². The second kappa shape index (κ2) is 19.6. The Morgan fingerprint density at radius 2 is 1.48 bits per heavy atom. The summed E-state index contributed by atoms with van der Waals surface area (Å²) in [7, 11) is 0. The number of aliphatic hydroxyl groups excluding tert-OH is 1. The van der Waals surface area contributed by atoms with Crippen LogP contribution in [0.5, 0.6) is 0 Å². The quantitative estimate of drug-likeness (QED) is 0.0774. The van der Waals surface area contributed by atoms with Gasteiger partial charge in [-0.1, -0.05) is 68.4 Å². The largest absolute Gasteiger partial charge is 0.460 e. The van der Waals surface area contributed by atoms with Crippen LogP contribution in [0.2, 0.25) is 0 Å². The molecule has 0 radical (unpaired) electrons. The number of benzene rings is 3. The van der Waals surface area contributed by atoms with Crippen LogP contribution in [0.25, 0.3) is 11.1 Å². The number of alkyl carbamates (subject to hydrolysis) is 1. The third kappa shape index (κ3) is 12.0. The normalized spacial score (nSPS) is 13.1. The van der Waals surface area contributed by atoms with Crippen LogP contribution in [0, 0.1) is 5.92 Å². The number of esters is 1.